The second kappa shape index (κ2) is 7.94. The van der Waals surface area contributed by atoms with Crippen LogP contribution >= 0.6 is 0 Å². The van der Waals surface area contributed by atoms with E-state index in [-0.39, 0.29) is 24.2 Å². The first-order valence-corrected chi connectivity index (χ1v) is 10.5. The molecule has 1 N–H and O–H groups in total. The summed E-state index contributed by atoms with van der Waals surface area (Å²) in [7, 11) is 0. The maximum atomic E-state index is 13.0. The van der Waals surface area contributed by atoms with Gasteiger partial charge < -0.3 is 15.0 Å². The van der Waals surface area contributed by atoms with E-state index in [1.54, 1.807) is 24.3 Å². The lowest BCUT2D eigenvalue weighted by Crippen LogP contribution is -2.43. The second-order valence-electron chi connectivity index (χ2n) is 8.28. The number of amides is 2. The fourth-order valence-electron chi connectivity index (χ4n) is 4.86. The zero-order valence-corrected chi connectivity index (χ0v) is 16.2. The third-order valence-corrected chi connectivity index (χ3v) is 6.36. The van der Waals surface area contributed by atoms with Crippen molar-refractivity contribution in [2.75, 3.05) is 18.4 Å². The van der Waals surface area contributed by atoms with Crippen molar-refractivity contribution in [2.24, 2.45) is 5.92 Å². The Kier molecular flexibility index (Phi) is 5.38. The number of benzene rings is 1. The summed E-state index contributed by atoms with van der Waals surface area (Å²) in [6, 6.07) is 7.10. The first-order chi connectivity index (χ1) is 13.6. The number of likely N-dealkylation sites (tertiary alicyclic amines) is 1. The number of carbonyl (C=O) groups excluding carboxylic acids is 3. The molecule has 1 saturated carbocycles. The molecule has 1 unspecified atom stereocenters. The van der Waals surface area contributed by atoms with Gasteiger partial charge in [-0.2, -0.15) is 0 Å². The molecule has 3 aliphatic rings. The molecule has 28 heavy (non-hydrogen) atoms. The van der Waals surface area contributed by atoms with Gasteiger partial charge in [-0.25, -0.2) is 0 Å². The predicted molar refractivity (Wildman–Crippen MR) is 105 cm³/mol. The third-order valence-electron chi connectivity index (χ3n) is 6.36. The van der Waals surface area contributed by atoms with Crippen LogP contribution in [0.5, 0.6) is 0 Å². The van der Waals surface area contributed by atoms with Gasteiger partial charge in [-0.15, -0.1) is 0 Å². The van der Waals surface area contributed by atoms with Gasteiger partial charge in [0.2, 0.25) is 5.91 Å². The molecule has 2 aliphatic heterocycles. The van der Waals surface area contributed by atoms with Crippen molar-refractivity contribution in [3.8, 4) is 0 Å². The molecule has 6 nitrogen and oxygen atoms in total. The molecule has 0 bridgehead atoms. The third kappa shape index (κ3) is 3.77. The van der Waals surface area contributed by atoms with Gasteiger partial charge in [-0.05, 0) is 63.1 Å². The number of hydrogen-bond acceptors (Lipinski definition) is 4. The van der Waals surface area contributed by atoms with E-state index in [0.717, 1.165) is 58.0 Å². The lowest BCUT2D eigenvalue weighted by atomic mass is 9.75. The highest BCUT2D eigenvalue weighted by Crippen LogP contribution is 2.44. The molecule has 0 aromatic heterocycles. The predicted octanol–water partition coefficient (Wildman–Crippen LogP) is 3.52. The molecule has 0 radical (unpaired) electrons. The van der Waals surface area contributed by atoms with Crippen LogP contribution in [0.3, 0.4) is 0 Å². The average molecular weight is 384 g/mol. The van der Waals surface area contributed by atoms with E-state index in [1.807, 2.05) is 4.90 Å². The van der Waals surface area contributed by atoms with Crippen molar-refractivity contribution in [1.29, 1.82) is 0 Å². The van der Waals surface area contributed by atoms with Crippen LogP contribution in [0, 0.1) is 5.92 Å². The van der Waals surface area contributed by atoms with Crippen LogP contribution < -0.4 is 5.32 Å². The van der Waals surface area contributed by atoms with E-state index < -0.39 is 11.5 Å². The molecular weight excluding hydrogens is 356 g/mol. The normalized spacial score (nSPS) is 24.1. The van der Waals surface area contributed by atoms with E-state index in [0.29, 0.717) is 11.3 Å². The molecule has 1 atom stereocenters. The van der Waals surface area contributed by atoms with Gasteiger partial charge in [0.05, 0.1) is 12.3 Å². The number of esters is 1. The number of nitrogens with one attached hydrogen (secondary N) is 1. The molecule has 2 amide bonds. The van der Waals surface area contributed by atoms with E-state index in [2.05, 4.69) is 5.32 Å². The highest BCUT2D eigenvalue weighted by atomic mass is 16.6. The maximum Gasteiger partial charge on any atom is 0.307 e. The Hall–Kier alpha value is -2.37. The fraction of sp³-hybridized carbons (Fsp3) is 0.591. The van der Waals surface area contributed by atoms with Crippen LogP contribution in [0.1, 0.15) is 68.1 Å². The molecule has 6 heteroatoms. The quantitative estimate of drug-likeness (QED) is 0.809. The summed E-state index contributed by atoms with van der Waals surface area (Å²) in [4.78, 5) is 39.5. The van der Waals surface area contributed by atoms with Gasteiger partial charge >= 0.3 is 5.97 Å². The van der Waals surface area contributed by atoms with Crippen LogP contribution in [-0.4, -0.2) is 41.4 Å². The molecule has 1 spiro atoms. The molecule has 1 aliphatic carbocycles. The maximum absolute atomic E-state index is 13.0. The Labute approximate surface area is 165 Å². The molecule has 2 saturated heterocycles. The van der Waals surface area contributed by atoms with Gasteiger partial charge in [-0.1, -0.05) is 12.5 Å². The average Bonchev–Trinajstić information content (AvgIpc) is 3.04. The molecular formula is C22H28N2O4. The van der Waals surface area contributed by atoms with Crippen molar-refractivity contribution in [2.45, 2.75) is 63.4 Å². The minimum atomic E-state index is -0.638. The number of nitrogens with zero attached hydrogens (tertiary/aromatic N) is 1. The zero-order chi connectivity index (χ0) is 19.6. The minimum Gasteiger partial charge on any atom is -0.458 e. The van der Waals surface area contributed by atoms with Gasteiger partial charge in [0, 0.05) is 24.3 Å². The fourth-order valence-corrected chi connectivity index (χ4v) is 4.86. The molecule has 1 aromatic rings. The largest absolute Gasteiger partial charge is 0.458 e. The number of piperidine rings is 1. The highest BCUT2D eigenvalue weighted by Gasteiger charge is 2.52. The number of carbonyl (C=O) groups is 3. The SMILES string of the molecule is O=C1CC(C(=O)Nc2cccc(C(=O)N3CCCCC3)c2)C2(CCCCC2)O1. The van der Waals surface area contributed by atoms with Crippen molar-refractivity contribution in [1.82, 2.24) is 4.90 Å². The monoisotopic (exact) mass is 384 g/mol. The number of ether oxygens (including phenoxy) is 1. The van der Waals surface area contributed by atoms with Crippen LogP contribution in [0.25, 0.3) is 0 Å². The second-order valence-corrected chi connectivity index (χ2v) is 8.28. The van der Waals surface area contributed by atoms with Gasteiger partial charge in [0.15, 0.2) is 0 Å². The van der Waals surface area contributed by atoms with E-state index in [4.69, 9.17) is 4.74 Å². The summed E-state index contributed by atoms with van der Waals surface area (Å²) in [5.74, 6) is -0.910. The number of anilines is 1. The van der Waals surface area contributed by atoms with E-state index >= 15 is 0 Å². The first-order valence-electron chi connectivity index (χ1n) is 10.5. The van der Waals surface area contributed by atoms with E-state index in [9.17, 15) is 14.4 Å². The summed E-state index contributed by atoms with van der Waals surface area (Å²) in [5.41, 5.74) is 0.546. The van der Waals surface area contributed by atoms with Crippen molar-refractivity contribution >= 4 is 23.5 Å². The molecule has 3 fully saturated rings. The number of hydrogen-bond donors (Lipinski definition) is 1. The molecule has 4 rings (SSSR count). The smallest absolute Gasteiger partial charge is 0.307 e. The molecule has 2 heterocycles. The molecule has 1 aromatic carbocycles. The van der Waals surface area contributed by atoms with E-state index in [1.165, 1.54) is 6.42 Å². The highest BCUT2D eigenvalue weighted by molar-refractivity contribution is 5.99. The van der Waals surface area contributed by atoms with Crippen LogP contribution in [0.2, 0.25) is 0 Å². The van der Waals surface area contributed by atoms with Crippen LogP contribution in [0.15, 0.2) is 24.3 Å². The van der Waals surface area contributed by atoms with Crippen LogP contribution in [-0.2, 0) is 14.3 Å². The topological polar surface area (TPSA) is 75.7 Å². The van der Waals surface area contributed by atoms with Gasteiger partial charge in [0.1, 0.15) is 5.60 Å². The Bertz CT molecular complexity index is 764. The van der Waals surface area contributed by atoms with Gasteiger partial charge in [-0.3, -0.25) is 14.4 Å². The van der Waals surface area contributed by atoms with Crippen molar-refractivity contribution < 1.29 is 19.1 Å². The standard InChI is InChI=1S/C22H28N2O4/c25-19-15-18(22(28-19)10-3-1-4-11-22)20(26)23-17-9-7-8-16(14-17)21(27)24-12-5-2-6-13-24/h7-9,14,18H,1-6,10-13,15H2,(H,23,26). The van der Waals surface area contributed by atoms with Gasteiger partial charge in [0.25, 0.3) is 5.91 Å². The minimum absolute atomic E-state index is 0.0129. The van der Waals surface area contributed by atoms with Crippen molar-refractivity contribution in [3.05, 3.63) is 29.8 Å². The Morgan fingerprint density at radius 3 is 2.50 bits per heavy atom. The van der Waals surface area contributed by atoms with Crippen LogP contribution in [0.4, 0.5) is 5.69 Å². The molecule has 150 valence electrons. The zero-order valence-electron chi connectivity index (χ0n) is 16.2. The lowest BCUT2D eigenvalue weighted by Gasteiger charge is -2.36. The first kappa shape index (κ1) is 19.0. The number of rotatable bonds is 3. The lowest BCUT2D eigenvalue weighted by molar-refractivity contribution is -0.153. The summed E-state index contributed by atoms with van der Waals surface area (Å²) < 4.78 is 5.64. The Balaban J connectivity index is 1.47. The van der Waals surface area contributed by atoms with Crippen molar-refractivity contribution in [3.63, 3.8) is 0 Å². The summed E-state index contributed by atoms with van der Waals surface area (Å²) >= 11 is 0. The Morgan fingerprint density at radius 1 is 1.04 bits per heavy atom. The Morgan fingerprint density at radius 2 is 1.75 bits per heavy atom. The summed E-state index contributed by atoms with van der Waals surface area (Å²) in [5, 5.41) is 2.93. The summed E-state index contributed by atoms with van der Waals surface area (Å²) in [6.45, 7) is 1.58. The summed E-state index contributed by atoms with van der Waals surface area (Å²) in [6.07, 6.45) is 7.98.